The van der Waals surface area contributed by atoms with Crippen LogP contribution in [0.5, 0.6) is 5.75 Å². The Hall–Kier alpha value is -1.92. The average Bonchev–Trinajstić information content (AvgIpc) is 3.36. The van der Waals surface area contributed by atoms with Crippen LogP contribution in [-0.2, 0) is 12.8 Å². The van der Waals surface area contributed by atoms with Crippen molar-refractivity contribution in [3.63, 3.8) is 0 Å². The molecule has 162 valence electrons. The number of hydrogen-bond acceptors (Lipinski definition) is 5. The molecule has 2 aromatic rings. The molecule has 2 aliphatic carbocycles. The van der Waals surface area contributed by atoms with Crippen LogP contribution in [0.4, 0.5) is 0 Å². The third kappa shape index (κ3) is 4.26. The third-order valence-corrected chi connectivity index (χ3v) is 8.11. The van der Waals surface area contributed by atoms with E-state index < -0.39 is 5.97 Å². The van der Waals surface area contributed by atoms with Gasteiger partial charge in [0.15, 0.2) is 5.69 Å². The lowest BCUT2D eigenvalue weighted by Crippen LogP contribution is -2.29. The van der Waals surface area contributed by atoms with Crippen molar-refractivity contribution in [2.24, 2.45) is 17.8 Å². The van der Waals surface area contributed by atoms with Gasteiger partial charge in [-0.05, 0) is 73.6 Å². The minimum absolute atomic E-state index is 0.149. The zero-order valence-electron chi connectivity index (χ0n) is 17.7. The fourth-order valence-electron chi connectivity index (χ4n) is 5.48. The molecule has 0 aliphatic heterocycles. The number of carboxylic acids is 1. The molecule has 1 aromatic heterocycles. The highest BCUT2D eigenvalue weighted by Crippen LogP contribution is 2.50. The third-order valence-electron chi connectivity index (χ3n) is 7.10. The Morgan fingerprint density at radius 1 is 1.20 bits per heavy atom. The lowest BCUT2D eigenvalue weighted by molar-refractivity contribution is 0.0689. The molecule has 30 heavy (non-hydrogen) atoms. The SMILES string of the molecule is CCc1ccc(OC[C@@H]2[C@H]3CC[C@H](c4nc(C(=O)O)cs4)C[C@H]3C[C@@H]2O)cc1CC. The quantitative estimate of drug-likeness (QED) is 0.653. The number of fused-ring (bicyclic) bond motifs is 1. The molecule has 0 radical (unpaired) electrons. The zero-order chi connectivity index (χ0) is 21.3. The topological polar surface area (TPSA) is 79.7 Å². The molecule has 2 N–H and O–H groups in total. The number of benzene rings is 1. The highest BCUT2D eigenvalue weighted by molar-refractivity contribution is 7.09. The average molecular weight is 430 g/mol. The minimum Gasteiger partial charge on any atom is -0.493 e. The zero-order valence-corrected chi connectivity index (χ0v) is 18.5. The maximum Gasteiger partial charge on any atom is 0.355 e. The maximum absolute atomic E-state index is 11.1. The summed E-state index contributed by atoms with van der Waals surface area (Å²) in [4.78, 5) is 15.5. The Labute approximate surface area is 182 Å². The molecule has 1 heterocycles. The molecule has 5 nitrogen and oxygen atoms in total. The maximum atomic E-state index is 11.1. The number of aromatic carboxylic acids is 1. The first-order chi connectivity index (χ1) is 14.5. The van der Waals surface area contributed by atoms with E-state index in [4.69, 9.17) is 9.84 Å². The van der Waals surface area contributed by atoms with Crippen LogP contribution in [0.3, 0.4) is 0 Å². The summed E-state index contributed by atoms with van der Waals surface area (Å²) in [5, 5.41) is 22.4. The molecule has 4 rings (SSSR count). The first kappa shape index (κ1) is 21.3. The predicted octanol–water partition coefficient (Wildman–Crippen LogP) is 4.93. The van der Waals surface area contributed by atoms with Crippen LogP contribution in [0.25, 0.3) is 0 Å². The van der Waals surface area contributed by atoms with E-state index in [-0.39, 0.29) is 17.7 Å². The molecule has 0 saturated heterocycles. The number of ether oxygens (including phenoxy) is 1. The summed E-state index contributed by atoms with van der Waals surface area (Å²) < 4.78 is 6.16. The van der Waals surface area contributed by atoms with Gasteiger partial charge in [0.2, 0.25) is 0 Å². The van der Waals surface area contributed by atoms with E-state index in [0.29, 0.717) is 24.4 Å². The second-order valence-corrected chi connectivity index (χ2v) is 9.62. The van der Waals surface area contributed by atoms with Crippen LogP contribution in [0.2, 0.25) is 0 Å². The second-order valence-electron chi connectivity index (χ2n) is 8.73. The standard InChI is InChI=1S/C24H31NO4S/c1-3-14-5-7-18(10-15(14)4-2)29-12-20-19-8-6-16(9-17(19)11-22(20)26)23-25-21(13-30-23)24(27)28/h5,7,10,13,16-17,19-20,22,26H,3-4,6,8-9,11-12H2,1-2H3,(H,27,28)/t16-,17-,19-,20+,22-/m0/s1. The fraction of sp³-hybridized carbons (Fsp3) is 0.583. The number of aliphatic hydroxyl groups excluding tert-OH is 1. The van der Waals surface area contributed by atoms with E-state index in [0.717, 1.165) is 49.3 Å². The molecule has 0 bridgehead atoms. The largest absolute Gasteiger partial charge is 0.493 e. The van der Waals surface area contributed by atoms with Crippen LogP contribution in [0, 0.1) is 17.8 Å². The van der Waals surface area contributed by atoms with Gasteiger partial charge in [-0.15, -0.1) is 11.3 Å². The van der Waals surface area contributed by atoms with Gasteiger partial charge in [0.1, 0.15) is 5.75 Å². The Bertz CT molecular complexity index is 895. The van der Waals surface area contributed by atoms with Crippen molar-refractivity contribution in [2.75, 3.05) is 6.61 Å². The molecule has 6 heteroatoms. The Morgan fingerprint density at radius 3 is 2.70 bits per heavy atom. The summed E-state index contributed by atoms with van der Waals surface area (Å²) >= 11 is 1.45. The molecule has 0 spiro atoms. The summed E-state index contributed by atoms with van der Waals surface area (Å²) in [5.41, 5.74) is 2.86. The number of nitrogens with zero attached hydrogens (tertiary/aromatic N) is 1. The molecule has 2 saturated carbocycles. The Kier molecular flexibility index (Phi) is 6.44. The smallest absolute Gasteiger partial charge is 0.355 e. The summed E-state index contributed by atoms with van der Waals surface area (Å²) in [6, 6.07) is 6.36. The number of thiazole rings is 1. The Balaban J connectivity index is 1.38. The first-order valence-electron chi connectivity index (χ1n) is 11.1. The van der Waals surface area contributed by atoms with E-state index in [2.05, 4.69) is 37.0 Å². The van der Waals surface area contributed by atoms with Gasteiger partial charge in [-0.2, -0.15) is 0 Å². The second kappa shape index (κ2) is 9.06. The van der Waals surface area contributed by atoms with Crippen LogP contribution < -0.4 is 4.74 Å². The van der Waals surface area contributed by atoms with Crippen molar-refractivity contribution in [2.45, 2.75) is 64.4 Å². The van der Waals surface area contributed by atoms with Gasteiger partial charge >= 0.3 is 5.97 Å². The molecule has 0 unspecified atom stereocenters. The van der Waals surface area contributed by atoms with E-state index in [9.17, 15) is 9.90 Å². The number of hydrogen-bond donors (Lipinski definition) is 2. The molecule has 0 amide bonds. The van der Waals surface area contributed by atoms with Gasteiger partial charge in [0.25, 0.3) is 0 Å². The molecule has 5 atom stereocenters. The van der Waals surface area contributed by atoms with Gasteiger partial charge in [0.05, 0.1) is 17.7 Å². The molecular weight excluding hydrogens is 398 g/mol. The van der Waals surface area contributed by atoms with Crippen LogP contribution >= 0.6 is 11.3 Å². The highest BCUT2D eigenvalue weighted by atomic mass is 32.1. The number of rotatable bonds is 7. The summed E-state index contributed by atoms with van der Waals surface area (Å²) in [6.07, 6.45) is 5.53. The monoisotopic (exact) mass is 429 g/mol. The van der Waals surface area contributed by atoms with Gasteiger partial charge in [-0.25, -0.2) is 9.78 Å². The van der Waals surface area contributed by atoms with Gasteiger partial charge in [-0.3, -0.25) is 0 Å². The molecule has 1 aromatic carbocycles. The summed E-state index contributed by atoms with van der Waals surface area (Å²) in [7, 11) is 0. The molecule has 2 aliphatic rings. The Morgan fingerprint density at radius 2 is 2.00 bits per heavy atom. The summed E-state index contributed by atoms with van der Waals surface area (Å²) in [6.45, 7) is 4.90. The van der Waals surface area contributed by atoms with E-state index in [1.54, 1.807) is 5.38 Å². The highest BCUT2D eigenvalue weighted by Gasteiger charge is 2.46. The van der Waals surface area contributed by atoms with Gasteiger partial charge in [0, 0.05) is 17.2 Å². The number of carboxylic acid groups (broad SMARTS) is 1. The number of carbonyl (C=O) groups is 1. The van der Waals surface area contributed by atoms with Crippen LogP contribution in [0.15, 0.2) is 23.6 Å². The molecular formula is C24H31NO4S. The minimum atomic E-state index is -0.960. The van der Waals surface area contributed by atoms with Gasteiger partial charge in [-0.1, -0.05) is 19.9 Å². The van der Waals surface area contributed by atoms with Crippen molar-refractivity contribution in [3.05, 3.63) is 45.4 Å². The predicted molar refractivity (Wildman–Crippen MR) is 117 cm³/mol. The van der Waals surface area contributed by atoms with Crippen molar-refractivity contribution in [3.8, 4) is 5.75 Å². The van der Waals surface area contributed by atoms with Crippen molar-refractivity contribution >= 4 is 17.3 Å². The number of aryl methyl sites for hydroxylation is 2. The van der Waals surface area contributed by atoms with Crippen molar-refractivity contribution in [1.29, 1.82) is 0 Å². The van der Waals surface area contributed by atoms with Crippen molar-refractivity contribution < 1.29 is 19.7 Å². The summed E-state index contributed by atoms with van der Waals surface area (Å²) in [5.74, 6) is 1.34. The van der Waals surface area contributed by atoms with E-state index in [1.165, 1.54) is 22.5 Å². The fourth-order valence-corrected chi connectivity index (χ4v) is 6.43. The van der Waals surface area contributed by atoms with E-state index >= 15 is 0 Å². The van der Waals surface area contributed by atoms with E-state index in [1.807, 2.05) is 0 Å². The molecule has 2 fully saturated rings. The number of aromatic nitrogens is 1. The van der Waals surface area contributed by atoms with Crippen molar-refractivity contribution in [1.82, 2.24) is 4.98 Å². The van der Waals surface area contributed by atoms with Crippen LogP contribution in [-0.4, -0.2) is 33.9 Å². The van der Waals surface area contributed by atoms with Gasteiger partial charge < -0.3 is 14.9 Å². The lowest BCUT2D eigenvalue weighted by atomic mass is 9.73. The normalized spacial score (nSPS) is 28.3. The number of aliphatic hydroxyl groups is 1. The lowest BCUT2D eigenvalue weighted by Gasteiger charge is -2.33. The van der Waals surface area contributed by atoms with Crippen LogP contribution in [0.1, 0.15) is 72.1 Å². The first-order valence-corrected chi connectivity index (χ1v) is 12.0.